The molecule has 3 unspecified atom stereocenters. The number of rotatable bonds is 6. The molecule has 0 bridgehead atoms. The number of para-hydroxylation sites is 1. The lowest BCUT2D eigenvalue weighted by molar-refractivity contribution is -0.116. The van der Waals surface area contributed by atoms with Crippen molar-refractivity contribution in [2.45, 2.75) is 82.2 Å². The van der Waals surface area contributed by atoms with E-state index >= 15 is 0 Å². The van der Waals surface area contributed by atoms with Gasteiger partial charge in [-0.05, 0) is 54.9 Å². The van der Waals surface area contributed by atoms with Gasteiger partial charge in [-0.3, -0.25) is 4.79 Å². The Morgan fingerprint density at radius 1 is 0.879 bits per heavy atom. The molecule has 0 amide bonds. The first-order valence-electron chi connectivity index (χ1n) is 13.1. The fourth-order valence-electron chi connectivity index (χ4n) is 6.39. The van der Waals surface area contributed by atoms with Crippen LogP contribution in [0.5, 0.6) is 0 Å². The first-order valence-corrected chi connectivity index (χ1v) is 13.1. The van der Waals surface area contributed by atoms with Crippen LogP contribution in [0.2, 0.25) is 0 Å². The van der Waals surface area contributed by atoms with Crippen LogP contribution in [0.15, 0.2) is 66.9 Å². The van der Waals surface area contributed by atoms with Crippen LogP contribution < -0.4 is 5.32 Å². The van der Waals surface area contributed by atoms with Gasteiger partial charge in [-0.25, -0.2) is 0 Å². The second kappa shape index (κ2) is 10.6. The number of benzene rings is 2. The number of carbonyl (C=O) groups is 1. The molecule has 174 valence electrons. The number of hydrogen-bond donors (Lipinski definition) is 1. The molecule has 0 spiro atoms. The van der Waals surface area contributed by atoms with Crippen molar-refractivity contribution in [1.29, 1.82) is 0 Å². The molecule has 1 aliphatic carbocycles. The minimum atomic E-state index is 0.257. The Morgan fingerprint density at radius 3 is 2.42 bits per heavy atom. The predicted octanol–water partition coefficient (Wildman–Crippen LogP) is 6.71. The molecule has 0 saturated heterocycles. The summed E-state index contributed by atoms with van der Waals surface area (Å²) in [5.41, 5.74) is 4.16. The van der Waals surface area contributed by atoms with Crippen molar-refractivity contribution >= 4 is 11.5 Å². The van der Waals surface area contributed by atoms with E-state index in [0.717, 1.165) is 25.3 Å². The number of nitrogens with one attached hydrogen (secondary N) is 1. The van der Waals surface area contributed by atoms with Gasteiger partial charge in [0, 0.05) is 42.9 Å². The van der Waals surface area contributed by atoms with E-state index in [2.05, 4.69) is 71.0 Å². The largest absolute Gasteiger partial charge is 0.381 e. The van der Waals surface area contributed by atoms with Gasteiger partial charge in [0.1, 0.15) is 0 Å². The number of carbonyl (C=O) groups excluding carboxylic acids is 1. The Balaban J connectivity index is 1.31. The van der Waals surface area contributed by atoms with E-state index in [4.69, 9.17) is 0 Å². The minimum Gasteiger partial charge on any atom is -0.381 e. The van der Waals surface area contributed by atoms with Gasteiger partial charge in [-0.2, -0.15) is 0 Å². The average Bonchev–Trinajstić information content (AvgIpc) is 3.17. The zero-order valence-corrected chi connectivity index (χ0v) is 19.8. The third-order valence-corrected chi connectivity index (χ3v) is 8.14. The maximum absolute atomic E-state index is 12.2. The summed E-state index contributed by atoms with van der Waals surface area (Å²) in [4.78, 5) is 14.7. The van der Waals surface area contributed by atoms with Crippen LogP contribution in [0.3, 0.4) is 0 Å². The van der Waals surface area contributed by atoms with Crippen molar-refractivity contribution in [1.82, 2.24) is 4.90 Å². The van der Waals surface area contributed by atoms with Crippen LogP contribution in [0.4, 0.5) is 5.69 Å². The Kier molecular flexibility index (Phi) is 7.14. The normalized spacial score (nSPS) is 25.9. The number of allylic oxidation sites excluding steroid dienone is 1. The Hall–Kier alpha value is -2.55. The number of fused-ring (bicyclic) bond motifs is 1. The molecule has 3 atom stereocenters. The Bertz CT molecular complexity index is 945. The Labute approximate surface area is 199 Å². The molecule has 33 heavy (non-hydrogen) atoms. The molecule has 0 aromatic heterocycles. The van der Waals surface area contributed by atoms with Gasteiger partial charge in [-0.1, -0.05) is 80.6 Å². The number of hydrogen-bond acceptors (Lipinski definition) is 3. The van der Waals surface area contributed by atoms with Crippen molar-refractivity contribution < 1.29 is 4.79 Å². The quantitative estimate of drug-likeness (QED) is 0.539. The molecular weight excluding hydrogens is 404 g/mol. The fraction of sp³-hybridized carbons (Fsp3) is 0.500. The molecule has 0 radical (unpaired) electrons. The molecule has 1 fully saturated rings. The second-order valence-electron chi connectivity index (χ2n) is 10.3. The molecular formula is C30H38N2O. The SMILES string of the molecule is O=C1C=CN(CCC2c3ccccc3NC2C2CCCCCCC2)C(Cc2ccccc2)C1. The lowest BCUT2D eigenvalue weighted by Gasteiger charge is -2.36. The van der Waals surface area contributed by atoms with Gasteiger partial charge in [0.05, 0.1) is 0 Å². The summed E-state index contributed by atoms with van der Waals surface area (Å²) < 4.78 is 0. The van der Waals surface area contributed by atoms with Gasteiger partial charge in [0.15, 0.2) is 5.78 Å². The number of ketones is 1. The van der Waals surface area contributed by atoms with E-state index in [0.29, 0.717) is 18.4 Å². The third-order valence-electron chi connectivity index (χ3n) is 8.14. The van der Waals surface area contributed by atoms with E-state index < -0.39 is 0 Å². The molecule has 3 heteroatoms. The lowest BCUT2D eigenvalue weighted by Crippen LogP contribution is -2.39. The summed E-state index contributed by atoms with van der Waals surface area (Å²) in [6, 6.07) is 20.4. The van der Waals surface area contributed by atoms with Crippen molar-refractivity contribution in [2.24, 2.45) is 5.92 Å². The summed E-state index contributed by atoms with van der Waals surface area (Å²) in [6.45, 7) is 1.01. The van der Waals surface area contributed by atoms with Gasteiger partial charge >= 0.3 is 0 Å². The highest BCUT2D eigenvalue weighted by Crippen LogP contribution is 2.44. The van der Waals surface area contributed by atoms with Crippen LogP contribution in [0.1, 0.15) is 74.8 Å². The second-order valence-corrected chi connectivity index (χ2v) is 10.3. The average molecular weight is 443 g/mol. The smallest absolute Gasteiger partial charge is 0.159 e. The molecule has 1 saturated carbocycles. The van der Waals surface area contributed by atoms with Crippen LogP contribution in [-0.4, -0.2) is 29.3 Å². The van der Waals surface area contributed by atoms with E-state index in [-0.39, 0.29) is 11.8 Å². The molecule has 2 aromatic carbocycles. The molecule has 5 rings (SSSR count). The van der Waals surface area contributed by atoms with Crippen molar-refractivity contribution in [2.75, 3.05) is 11.9 Å². The molecule has 2 aromatic rings. The number of nitrogens with zero attached hydrogens (tertiary/aromatic N) is 1. The predicted molar refractivity (Wildman–Crippen MR) is 136 cm³/mol. The highest BCUT2D eigenvalue weighted by Gasteiger charge is 2.37. The van der Waals surface area contributed by atoms with Crippen LogP contribution in [0.25, 0.3) is 0 Å². The zero-order chi connectivity index (χ0) is 22.5. The van der Waals surface area contributed by atoms with Gasteiger partial charge in [-0.15, -0.1) is 0 Å². The van der Waals surface area contributed by atoms with Crippen LogP contribution >= 0.6 is 0 Å². The number of anilines is 1. The van der Waals surface area contributed by atoms with Crippen molar-refractivity contribution in [3.63, 3.8) is 0 Å². The van der Waals surface area contributed by atoms with Gasteiger partial charge < -0.3 is 10.2 Å². The van der Waals surface area contributed by atoms with Gasteiger partial charge in [0.2, 0.25) is 0 Å². The summed E-state index contributed by atoms with van der Waals surface area (Å²) in [6.07, 6.45) is 16.2. The molecule has 3 nitrogen and oxygen atoms in total. The minimum absolute atomic E-state index is 0.257. The summed E-state index contributed by atoms with van der Waals surface area (Å²) >= 11 is 0. The third kappa shape index (κ3) is 5.34. The van der Waals surface area contributed by atoms with Crippen LogP contribution in [-0.2, 0) is 11.2 Å². The van der Waals surface area contributed by atoms with E-state index in [1.165, 1.54) is 61.8 Å². The molecule has 1 N–H and O–H groups in total. The molecule has 3 aliphatic rings. The molecule has 2 aliphatic heterocycles. The molecule has 2 heterocycles. The van der Waals surface area contributed by atoms with Crippen molar-refractivity contribution in [3.8, 4) is 0 Å². The van der Waals surface area contributed by atoms with Gasteiger partial charge in [0.25, 0.3) is 0 Å². The highest BCUT2D eigenvalue weighted by atomic mass is 16.1. The van der Waals surface area contributed by atoms with E-state index in [9.17, 15) is 4.79 Å². The van der Waals surface area contributed by atoms with Crippen LogP contribution in [0, 0.1) is 5.92 Å². The first kappa shape index (κ1) is 22.3. The maximum Gasteiger partial charge on any atom is 0.159 e. The fourth-order valence-corrected chi connectivity index (χ4v) is 6.39. The van der Waals surface area contributed by atoms with E-state index in [1.54, 1.807) is 6.08 Å². The highest BCUT2D eigenvalue weighted by molar-refractivity contribution is 5.90. The summed E-state index contributed by atoms with van der Waals surface area (Å²) in [5.74, 6) is 1.57. The zero-order valence-electron chi connectivity index (χ0n) is 19.8. The lowest BCUT2D eigenvalue weighted by atomic mass is 9.78. The topological polar surface area (TPSA) is 32.3 Å². The monoisotopic (exact) mass is 442 g/mol. The van der Waals surface area contributed by atoms with E-state index in [1.807, 2.05) is 0 Å². The standard InChI is InChI=1S/C30H38N2O/c33-26-17-19-32(25(22-26)21-23-11-5-4-6-12-23)20-18-28-27-15-9-10-16-29(27)31-30(28)24-13-7-2-1-3-8-14-24/h4-6,9-12,15-17,19,24-25,28,30-31H,1-3,7-8,13-14,18,20-22H2. The summed E-state index contributed by atoms with van der Waals surface area (Å²) in [5, 5.41) is 3.96. The Morgan fingerprint density at radius 2 is 1.61 bits per heavy atom. The summed E-state index contributed by atoms with van der Waals surface area (Å²) in [7, 11) is 0. The first-order chi connectivity index (χ1) is 16.3. The maximum atomic E-state index is 12.2. The van der Waals surface area contributed by atoms with Crippen molar-refractivity contribution in [3.05, 3.63) is 78.0 Å².